The fourth-order valence-electron chi connectivity index (χ4n) is 2.84. The predicted molar refractivity (Wildman–Crippen MR) is 109 cm³/mol. The molecule has 10 nitrogen and oxygen atoms in total. The first-order chi connectivity index (χ1) is 14.2. The number of carbonyl (C=O) groups excluding carboxylic acids is 2. The SMILES string of the molecule is COc1cc(C(=O)Nc2ccc3c(c2)OCC(C)(C)C(=O)N3)c([N+](=O)[O-])cc1OC. The number of ether oxygens (including phenoxy) is 3. The number of carbonyl (C=O) groups is 2. The summed E-state index contributed by atoms with van der Waals surface area (Å²) < 4.78 is 15.9. The van der Waals surface area contributed by atoms with Crippen LogP contribution in [0.25, 0.3) is 0 Å². The van der Waals surface area contributed by atoms with Crippen LogP contribution in [0.4, 0.5) is 17.1 Å². The van der Waals surface area contributed by atoms with Gasteiger partial charge in [0.25, 0.3) is 11.6 Å². The number of hydrogen-bond acceptors (Lipinski definition) is 7. The minimum absolute atomic E-state index is 0.137. The molecule has 0 fully saturated rings. The van der Waals surface area contributed by atoms with Gasteiger partial charge in [-0.2, -0.15) is 0 Å². The van der Waals surface area contributed by atoms with E-state index in [0.29, 0.717) is 17.1 Å². The molecule has 2 N–H and O–H groups in total. The third-order valence-corrected chi connectivity index (χ3v) is 4.63. The van der Waals surface area contributed by atoms with Gasteiger partial charge in [-0.3, -0.25) is 19.7 Å². The monoisotopic (exact) mass is 415 g/mol. The molecule has 0 aromatic heterocycles. The molecule has 1 aliphatic heterocycles. The standard InChI is InChI=1S/C20H21N3O7/c1-20(2)10-30-15-7-11(5-6-13(15)22-19(20)25)21-18(24)12-8-16(28-3)17(29-4)9-14(12)23(26)27/h5-9H,10H2,1-4H3,(H,21,24)(H,22,25). The van der Waals surface area contributed by atoms with E-state index >= 15 is 0 Å². The van der Waals surface area contributed by atoms with E-state index in [1.165, 1.54) is 20.3 Å². The van der Waals surface area contributed by atoms with Crippen LogP contribution in [0.3, 0.4) is 0 Å². The number of nitrogens with zero attached hydrogens (tertiary/aromatic N) is 1. The number of nitro groups is 1. The highest BCUT2D eigenvalue weighted by atomic mass is 16.6. The van der Waals surface area contributed by atoms with Gasteiger partial charge in [-0.1, -0.05) is 0 Å². The molecule has 2 amide bonds. The molecule has 0 unspecified atom stereocenters. The quantitative estimate of drug-likeness (QED) is 0.566. The van der Waals surface area contributed by atoms with Crippen LogP contribution in [0.15, 0.2) is 30.3 Å². The molecule has 3 rings (SSSR count). The highest BCUT2D eigenvalue weighted by Gasteiger charge is 2.32. The van der Waals surface area contributed by atoms with Crippen LogP contribution in [0, 0.1) is 15.5 Å². The Balaban J connectivity index is 1.91. The molecule has 0 bridgehead atoms. The summed E-state index contributed by atoms with van der Waals surface area (Å²) in [6, 6.07) is 7.07. The summed E-state index contributed by atoms with van der Waals surface area (Å²) in [6.07, 6.45) is 0. The number of nitro benzene ring substituents is 1. The van der Waals surface area contributed by atoms with Gasteiger partial charge in [0.2, 0.25) is 5.91 Å². The molecule has 30 heavy (non-hydrogen) atoms. The maximum atomic E-state index is 12.8. The number of nitrogens with one attached hydrogen (secondary N) is 2. The molecule has 1 aliphatic rings. The van der Waals surface area contributed by atoms with Gasteiger partial charge in [-0.15, -0.1) is 0 Å². The van der Waals surface area contributed by atoms with Gasteiger partial charge >= 0.3 is 0 Å². The Labute approximate surface area is 172 Å². The van der Waals surface area contributed by atoms with Gasteiger partial charge in [-0.25, -0.2) is 0 Å². The number of fused-ring (bicyclic) bond motifs is 1. The maximum absolute atomic E-state index is 12.8. The molecule has 0 radical (unpaired) electrons. The highest BCUT2D eigenvalue weighted by Crippen LogP contribution is 2.36. The van der Waals surface area contributed by atoms with Gasteiger partial charge in [-0.05, 0) is 26.0 Å². The maximum Gasteiger partial charge on any atom is 0.286 e. The van der Waals surface area contributed by atoms with E-state index < -0.39 is 21.9 Å². The van der Waals surface area contributed by atoms with Crippen molar-refractivity contribution < 1.29 is 28.7 Å². The topological polar surface area (TPSA) is 129 Å². The van der Waals surface area contributed by atoms with Crippen molar-refractivity contribution in [3.8, 4) is 17.2 Å². The van der Waals surface area contributed by atoms with Crippen LogP contribution < -0.4 is 24.8 Å². The van der Waals surface area contributed by atoms with Crippen molar-refractivity contribution in [2.75, 3.05) is 31.5 Å². The van der Waals surface area contributed by atoms with Crippen LogP contribution in [-0.2, 0) is 4.79 Å². The fourth-order valence-corrected chi connectivity index (χ4v) is 2.84. The van der Waals surface area contributed by atoms with Crippen molar-refractivity contribution in [1.82, 2.24) is 0 Å². The van der Waals surface area contributed by atoms with E-state index in [0.717, 1.165) is 6.07 Å². The summed E-state index contributed by atoms with van der Waals surface area (Å²) in [5.74, 6) is -0.186. The minimum atomic E-state index is -0.720. The van der Waals surface area contributed by atoms with Crippen LogP contribution in [0.1, 0.15) is 24.2 Å². The molecule has 0 saturated heterocycles. The largest absolute Gasteiger partial charge is 0.493 e. The molecule has 10 heteroatoms. The number of methoxy groups -OCH3 is 2. The predicted octanol–water partition coefficient (Wildman–Crippen LogP) is 3.22. The van der Waals surface area contributed by atoms with E-state index in [4.69, 9.17) is 14.2 Å². The second kappa shape index (κ2) is 7.90. The van der Waals surface area contributed by atoms with Crippen LogP contribution in [-0.4, -0.2) is 37.6 Å². The van der Waals surface area contributed by atoms with Crippen molar-refractivity contribution in [3.63, 3.8) is 0 Å². The summed E-state index contributed by atoms with van der Waals surface area (Å²) in [5, 5.41) is 16.8. The van der Waals surface area contributed by atoms with Crippen LogP contribution in [0.2, 0.25) is 0 Å². The van der Waals surface area contributed by atoms with Crippen LogP contribution in [0.5, 0.6) is 17.2 Å². The lowest BCUT2D eigenvalue weighted by Crippen LogP contribution is -2.33. The Kier molecular flexibility index (Phi) is 5.50. The van der Waals surface area contributed by atoms with E-state index in [1.807, 2.05) is 0 Å². The third-order valence-electron chi connectivity index (χ3n) is 4.63. The Morgan fingerprint density at radius 2 is 1.87 bits per heavy atom. The lowest BCUT2D eigenvalue weighted by Gasteiger charge is -2.18. The average Bonchev–Trinajstić information content (AvgIpc) is 2.82. The summed E-state index contributed by atoms with van der Waals surface area (Å²) in [4.78, 5) is 35.8. The van der Waals surface area contributed by atoms with E-state index in [1.54, 1.807) is 32.0 Å². The Hall–Kier alpha value is -3.82. The van der Waals surface area contributed by atoms with Crippen molar-refractivity contribution in [1.29, 1.82) is 0 Å². The molecule has 0 aliphatic carbocycles. The van der Waals surface area contributed by atoms with Gasteiger partial charge in [0.1, 0.15) is 17.9 Å². The zero-order chi connectivity index (χ0) is 22.1. The molecular formula is C20H21N3O7. The van der Waals surface area contributed by atoms with Crippen molar-refractivity contribution in [2.45, 2.75) is 13.8 Å². The second-order valence-corrected chi connectivity index (χ2v) is 7.27. The molecule has 0 spiro atoms. The number of hydrogen-bond donors (Lipinski definition) is 2. The van der Waals surface area contributed by atoms with Gasteiger partial charge < -0.3 is 24.8 Å². The Morgan fingerprint density at radius 1 is 1.20 bits per heavy atom. The first-order valence-electron chi connectivity index (χ1n) is 8.96. The zero-order valence-corrected chi connectivity index (χ0v) is 16.9. The summed E-state index contributed by atoms with van der Waals surface area (Å²) in [5.41, 5.74) is -0.520. The van der Waals surface area contributed by atoms with E-state index in [9.17, 15) is 19.7 Å². The Bertz CT molecular complexity index is 1030. The molecule has 2 aromatic rings. The Morgan fingerprint density at radius 3 is 2.50 bits per heavy atom. The molecule has 2 aromatic carbocycles. The first-order valence-corrected chi connectivity index (χ1v) is 8.96. The molecule has 1 heterocycles. The normalized spacial score (nSPS) is 14.5. The molecule has 158 valence electrons. The van der Waals surface area contributed by atoms with Crippen LogP contribution >= 0.6 is 0 Å². The highest BCUT2D eigenvalue weighted by molar-refractivity contribution is 6.08. The van der Waals surface area contributed by atoms with Crippen molar-refractivity contribution in [2.24, 2.45) is 5.41 Å². The molecule has 0 saturated carbocycles. The average molecular weight is 415 g/mol. The summed E-state index contributed by atoms with van der Waals surface area (Å²) in [7, 11) is 2.71. The number of amides is 2. The van der Waals surface area contributed by atoms with Crippen molar-refractivity contribution >= 4 is 28.9 Å². The lowest BCUT2D eigenvalue weighted by atomic mass is 9.94. The van der Waals surface area contributed by atoms with Gasteiger partial charge in [0.05, 0.1) is 36.3 Å². The fraction of sp³-hybridized carbons (Fsp3) is 0.300. The second-order valence-electron chi connectivity index (χ2n) is 7.27. The zero-order valence-electron chi connectivity index (χ0n) is 16.9. The smallest absolute Gasteiger partial charge is 0.286 e. The van der Waals surface area contributed by atoms with E-state index in [-0.39, 0.29) is 29.6 Å². The lowest BCUT2D eigenvalue weighted by molar-refractivity contribution is -0.385. The minimum Gasteiger partial charge on any atom is -0.493 e. The van der Waals surface area contributed by atoms with Crippen molar-refractivity contribution in [3.05, 3.63) is 46.0 Å². The summed E-state index contributed by atoms with van der Waals surface area (Å²) >= 11 is 0. The van der Waals surface area contributed by atoms with Gasteiger partial charge in [0.15, 0.2) is 11.5 Å². The summed E-state index contributed by atoms with van der Waals surface area (Å²) in [6.45, 7) is 3.67. The van der Waals surface area contributed by atoms with Gasteiger partial charge in [0, 0.05) is 17.8 Å². The van der Waals surface area contributed by atoms with E-state index in [2.05, 4.69) is 10.6 Å². The first kappa shape index (κ1) is 20.9. The number of anilines is 2. The molecule has 0 atom stereocenters. The number of benzene rings is 2. The third kappa shape index (κ3) is 3.97. The number of rotatable bonds is 5. The molecular weight excluding hydrogens is 394 g/mol.